The summed E-state index contributed by atoms with van der Waals surface area (Å²) in [5.74, 6) is -0.157. The Morgan fingerprint density at radius 3 is 2.36 bits per heavy atom. The van der Waals surface area contributed by atoms with Crippen molar-refractivity contribution in [1.82, 2.24) is 0 Å². The minimum Gasteiger partial charge on any atom is -0.460 e. The zero-order valence-electron chi connectivity index (χ0n) is 20.9. The highest BCUT2D eigenvalue weighted by Crippen LogP contribution is 2.40. The fourth-order valence-corrected chi connectivity index (χ4v) is 4.80. The lowest BCUT2D eigenvalue weighted by molar-refractivity contribution is -0.154. The van der Waals surface area contributed by atoms with Gasteiger partial charge in [0.2, 0.25) is 0 Å². The summed E-state index contributed by atoms with van der Waals surface area (Å²) in [6.07, 6.45) is 4.79. The molecule has 1 aliphatic heterocycles. The Morgan fingerprint density at radius 1 is 1.15 bits per heavy atom. The van der Waals surface area contributed by atoms with E-state index in [1.165, 1.54) is 16.8 Å². The van der Waals surface area contributed by atoms with Gasteiger partial charge in [0.05, 0.1) is 23.9 Å². The molecule has 2 N–H and O–H groups in total. The van der Waals surface area contributed by atoms with Crippen molar-refractivity contribution < 1.29 is 19.7 Å². The monoisotopic (exact) mass is 480 g/mol. The van der Waals surface area contributed by atoms with Gasteiger partial charge in [-0.1, -0.05) is 24.1 Å². The fraction of sp³-hybridized carbons (Fsp3) is 0.654. The highest BCUT2D eigenvalue weighted by atomic mass is 35.5. The van der Waals surface area contributed by atoms with Crippen LogP contribution in [-0.4, -0.2) is 54.6 Å². The number of allylic oxidation sites excluding steroid dienone is 2. The second kappa shape index (κ2) is 12.6. The molecule has 0 amide bonds. The molecule has 0 fully saturated rings. The van der Waals surface area contributed by atoms with E-state index in [1.54, 1.807) is 0 Å². The third kappa shape index (κ3) is 7.62. The largest absolute Gasteiger partial charge is 0.460 e. The highest BCUT2D eigenvalue weighted by Gasteiger charge is 2.24. The standard InChI is InChI=1S/C26H41ClN2O4/c1-6-19-11-12-20-17-21(27)24(28(13-15-30)14-16-31)18-23(20)29(7-2)22(19)9-8-10-25(32)33-26(3,4)5/h17-18,30-31H,6-16H2,1-5H3. The van der Waals surface area contributed by atoms with E-state index >= 15 is 0 Å². The van der Waals surface area contributed by atoms with E-state index in [0.717, 1.165) is 50.0 Å². The molecule has 1 aromatic carbocycles. The first-order valence-electron chi connectivity index (χ1n) is 12.1. The van der Waals surface area contributed by atoms with Crippen LogP contribution in [0.3, 0.4) is 0 Å². The maximum Gasteiger partial charge on any atom is 0.306 e. The predicted octanol–water partition coefficient (Wildman–Crippen LogP) is 5.08. The topological polar surface area (TPSA) is 73.2 Å². The van der Waals surface area contributed by atoms with Gasteiger partial charge in [0.15, 0.2) is 0 Å². The minimum absolute atomic E-state index is 0.0132. The van der Waals surface area contributed by atoms with E-state index in [4.69, 9.17) is 16.3 Å². The lowest BCUT2D eigenvalue weighted by Gasteiger charge is -2.31. The number of hydrogen-bond donors (Lipinski definition) is 2. The quantitative estimate of drug-likeness (QED) is 0.430. The summed E-state index contributed by atoms with van der Waals surface area (Å²) >= 11 is 6.66. The second-order valence-electron chi connectivity index (χ2n) is 9.45. The van der Waals surface area contributed by atoms with E-state index in [2.05, 4.69) is 24.8 Å². The van der Waals surface area contributed by atoms with Crippen LogP contribution >= 0.6 is 11.6 Å². The molecule has 0 radical (unpaired) electrons. The Morgan fingerprint density at radius 2 is 1.82 bits per heavy atom. The van der Waals surface area contributed by atoms with E-state index in [1.807, 2.05) is 31.7 Å². The molecule has 0 unspecified atom stereocenters. The van der Waals surface area contributed by atoms with Crippen LogP contribution in [0.4, 0.5) is 11.4 Å². The molecule has 0 saturated heterocycles. The predicted molar refractivity (Wildman–Crippen MR) is 136 cm³/mol. The van der Waals surface area contributed by atoms with E-state index in [9.17, 15) is 15.0 Å². The van der Waals surface area contributed by atoms with Crippen LogP contribution in [0.5, 0.6) is 0 Å². The lowest BCUT2D eigenvalue weighted by Crippen LogP contribution is -2.30. The molecule has 186 valence electrons. The maximum absolute atomic E-state index is 12.2. The molecule has 7 heteroatoms. The van der Waals surface area contributed by atoms with Crippen molar-refractivity contribution >= 4 is 28.9 Å². The molecule has 0 aromatic heterocycles. The molecule has 0 spiro atoms. The molecule has 0 bridgehead atoms. The molecular weight excluding hydrogens is 440 g/mol. The third-order valence-corrected chi connectivity index (χ3v) is 6.21. The molecule has 2 rings (SSSR count). The van der Waals surface area contributed by atoms with Crippen LogP contribution in [0, 0.1) is 0 Å². The van der Waals surface area contributed by atoms with Crippen molar-refractivity contribution in [2.75, 3.05) is 42.6 Å². The van der Waals surface area contributed by atoms with Gasteiger partial charge in [-0.2, -0.15) is 0 Å². The second-order valence-corrected chi connectivity index (χ2v) is 9.86. The van der Waals surface area contributed by atoms with Crippen molar-refractivity contribution in [2.24, 2.45) is 0 Å². The SMILES string of the molecule is CCC1=C(CCCC(=O)OC(C)(C)C)N(CC)c2cc(N(CCO)CCO)c(Cl)cc2CC1. The number of aliphatic hydroxyl groups excluding tert-OH is 2. The van der Waals surface area contributed by atoms with Gasteiger partial charge in [-0.25, -0.2) is 0 Å². The summed E-state index contributed by atoms with van der Waals surface area (Å²) in [4.78, 5) is 16.5. The number of hydrogen-bond acceptors (Lipinski definition) is 6. The van der Waals surface area contributed by atoms with Gasteiger partial charge in [-0.15, -0.1) is 0 Å². The number of benzene rings is 1. The van der Waals surface area contributed by atoms with Crippen molar-refractivity contribution in [3.8, 4) is 0 Å². The number of nitrogens with zero attached hydrogens (tertiary/aromatic N) is 2. The Hall–Kier alpha value is -1.76. The average Bonchev–Trinajstić information content (AvgIpc) is 2.87. The van der Waals surface area contributed by atoms with Crippen LogP contribution in [0.1, 0.15) is 72.3 Å². The van der Waals surface area contributed by atoms with Gasteiger partial charge < -0.3 is 24.7 Å². The van der Waals surface area contributed by atoms with E-state index in [0.29, 0.717) is 24.5 Å². The Kier molecular flexibility index (Phi) is 10.5. The van der Waals surface area contributed by atoms with Gasteiger partial charge in [0.25, 0.3) is 0 Å². The van der Waals surface area contributed by atoms with Crippen molar-refractivity contribution in [2.45, 2.75) is 78.7 Å². The molecule has 0 saturated carbocycles. The number of aryl methyl sites for hydroxylation is 1. The number of carbonyl (C=O) groups excluding carboxylic acids is 1. The van der Waals surface area contributed by atoms with E-state index < -0.39 is 5.60 Å². The van der Waals surface area contributed by atoms with Crippen LogP contribution in [0.15, 0.2) is 23.4 Å². The highest BCUT2D eigenvalue weighted by molar-refractivity contribution is 6.33. The number of halogens is 1. The Bertz CT molecular complexity index is 826. The zero-order valence-corrected chi connectivity index (χ0v) is 21.7. The average molecular weight is 481 g/mol. The first kappa shape index (κ1) is 27.5. The number of esters is 1. The molecule has 0 atom stereocenters. The zero-order chi connectivity index (χ0) is 24.6. The van der Waals surface area contributed by atoms with Gasteiger partial charge in [0.1, 0.15) is 5.60 Å². The van der Waals surface area contributed by atoms with Crippen molar-refractivity contribution in [3.05, 3.63) is 34.0 Å². The molecular formula is C26H41ClN2O4. The van der Waals surface area contributed by atoms with Crippen LogP contribution in [0.25, 0.3) is 0 Å². The first-order valence-corrected chi connectivity index (χ1v) is 12.5. The smallest absolute Gasteiger partial charge is 0.306 e. The first-order chi connectivity index (χ1) is 15.6. The number of carbonyl (C=O) groups is 1. The molecule has 1 aliphatic rings. The van der Waals surface area contributed by atoms with Gasteiger partial charge >= 0.3 is 5.97 Å². The molecule has 0 aliphatic carbocycles. The van der Waals surface area contributed by atoms with Crippen LogP contribution in [-0.2, 0) is 16.0 Å². The Balaban J connectivity index is 2.35. The van der Waals surface area contributed by atoms with Gasteiger partial charge in [-0.3, -0.25) is 4.79 Å². The third-order valence-electron chi connectivity index (χ3n) is 5.91. The molecule has 1 aromatic rings. The molecule has 1 heterocycles. The summed E-state index contributed by atoms with van der Waals surface area (Å²) in [6.45, 7) is 11.6. The van der Waals surface area contributed by atoms with Gasteiger partial charge in [-0.05, 0) is 77.5 Å². The number of aliphatic hydroxyl groups is 2. The summed E-state index contributed by atoms with van der Waals surface area (Å²) in [7, 11) is 0. The molecule has 6 nitrogen and oxygen atoms in total. The number of anilines is 2. The summed E-state index contributed by atoms with van der Waals surface area (Å²) in [5.41, 5.74) is 5.38. The summed E-state index contributed by atoms with van der Waals surface area (Å²) in [6, 6.07) is 4.13. The van der Waals surface area contributed by atoms with Crippen molar-refractivity contribution in [1.29, 1.82) is 0 Å². The maximum atomic E-state index is 12.2. The number of rotatable bonds is 11. The minimum atomic E-state index is -0.466. The summed E-state index contributed by atoms with van der Waals surface area (Å²) in [5, 5.41) is 19.6. The van der Waals surface area contributed by atoms with Crippen LogP contribution < -0.4 is 9.80 Å². The normalized spacial score (nSPS) is 14.2. The van der Waals surface area contributed by atoms with E-state index in [-0.39, 0.29) is 19.2 Å². The number of ether oxygens (including phenoxy) is 1. The lowest BCUT2D eigenvalue weighted by atomic mass is 10.0. The van der Waals surface area contributed by atoms with Crippen molar-refractivity contribution in [3.63, 3.8) is 0 Å². The number of fused-ring (bicyclic) bond motifs is 1. The fourth-order valence-electron chi connectivity index (χ4n) is 4.49. The van der Waals surface area contributed by atoms with Crippen LogP contribution in [0.2, 0.25) is 5.02 Å². The van der Waals surface area contributed by atoms with Gasteiger partial charge in [0, 0.05) is 37.4 Å². The molecule has 33 heavy (non-hydrogen) atoms. The Labute approximate surface area is 204 Å². The summed E-state index contributed by atoms with van der Waals surface area (Å²) < 4.78 is 5.49.